The molecular weight excluding hydrogens is 376 g/mol. The molecule has 2 unspecified atom stereocenters. The zero-order valence-electron chi connectivity index (χ0n) is 18.7. The molecule has 4 nitrogen and oxygen atoms in total. The van der Waals surface area contributed by atoms with Crippen LogP contribution in [-0.4, -0.2) is 23.6 Å². The smallest absolute Gasteiger partial charge is 0.330 e. The van der Waals surface area contributed by atoms with E-state index in [1.165, 1.54) is 63.9 Å². The van der Waals surface area contributed by atoms with E-state index < -0.39 is 5.97 Å². The Balaban J connectivity index is 1.34. The maximum absolute atomic E-state index is 13.3. The quantitative estimate of drug-likeness (QED) is 0.443. The molecule has 6 saturated carbocycles. The van der Waals surface area contributed by atoms with Crippen LogP contribution in [0.2, 0.25) is 0 Å². The second kappa shape index (κ2) is 7.38. The molecule has 166 valence electrons. The molecule has 0 amide bonds. The van der Waals surface area contributed by atoms with Gasteiger partial charge in [-0.2, -0.15) is 0 Å². The molecule has 6 rings (SSSR count). The number of rotatable bonds is 5. The van der Waals surface area contributed by atoms with Crippen molar-refractivity contribution in [3.63, 3.8) is 0 Å². The van der Waals surface area contributed by atoms with Crippen LogP contribution in [-0.2, 0) is 19.1 Å². The van der Waals surface area contributed by atoms with E-state index in [1.54, 1.807) is 0 Å². The molecule has 2 atom stereocenters. The van der Waals surface area contributed by atoms with Gasteiger partial charge in [-0.3, -0.25) is 4.79 Å². The van der Waals surface area contributed by atoms with E-state index in [1.807, 2.05) is 0 Å². The fourth-order valence-corrected chi connectivity index (χ4v) is 8.34. The van der Waals surface area contributed by atoms with Crippen LogP contribution in [0.25, 0.3) is 0 Å². The van der Waals surface area contributed by atoms with Crippen LogP contribution < -0.4 is 0 Å². The lowest BCUT2D eigenvalue weighted by molar-refractivity contribution is -0.251. The number of hydrogen-bond donors (Lipinski definition) is 0. The van der Waals surface area contributed by atoms with E-state index >= 15 is 0 Å². The summed E-state index contributed by atoms with van der Waals surface area (Å²) in [6.07, 6.45) is 13.6. The summed E-state index contributed by atoms with van der Waals surface area (Å²) < 4.78 is 12.0. The van der Waals surface area contributed by atoms with Crippen LogP contribution in [0.5, 0.6) is 0 Å². The molecule has 0 aliphatic heterocycles. The largest absolute Gasteiger partial charge is 0.459 e. The zero-order chi connectivity index (χ0) is 21.1. The minimum atomic E-state index is -0.395. The minimum Gasteiger partial charge on any atom is -0.459 e. The minimum absolute atomic E-state index is 0.0165. The topological polar surface area (TPSA) is 52.6 Å². The third-order valence-electron chi connectivity index (χ3n) is 9.58. The average Bonchev–Trinajstić information content (AvgIpc) is 2.66. The zero-order valence-corrected chi connectivity index (χ0v) is 18.7. The van der Waals surface area contributed by atoms with Gasteiger partial charge in [0.25, 0.3) is 0 Å². The molecule has 0 radical (unpaired) electrons. The maximum Gasteiger partial charge on any atom is 0.330 e. The molecule has 0 N–H and O–H groups in total. The molecule has 30 heavy (non-hydrogen) atoms. The van der Waals surface area contributed by atoms with Gasteiger partial charge in [-0.05, 0) is 81.0 Å². The van der Waals surface area contributed by atoms with Crippen molar-refractivity contribution in [3.8, 4) is 0 Å². The number of carbonyl (C=O) groups excluding carboxylic acids is 2. The van der Waals surface area contributed by atoms with E-state index in [-0.39, 0.29) is 23.6 Å². The normalized spacial score (nSPS) is 49.2. The van der Waals surface area contributed by atoms with Gasteiger partial charge < -0.3 is 9.47 Å². The van der Waals surface area contributed by atoms with Crippen molar-refractivity contribution in [1.29, 1.82) is 0 Å². The van der Waals surface area contributed by atoms with Crippen LogP contribution in [0.1, 0.15) is 84.5 Å². The molecule has 4 heteroatoms. The van der Waals surface area contributed by atoms with Gasteiger partial charge in [-0.15, -0.1) is 0 Å². The van der Waals surface area contributed by atoms with Gasteiger partial charge in [0.05, 0.1) is 5.92 Å². The summed E-state index contributed by atoms with van der Waals surface area (Å²) in [6, 6.07) is 0. The van der Waals surface area contributed by atoms with Crippen molar-refractivity contribution in [2.45, 2.75) is 96.2 Å². The van der Waals surface area contributed by atoms with Crippen molar-refractivity contribution < 1.29 is 19.1 Å². The Labute approximate surface area is 181 Å². The number of esters is 2. The molecule has 0 saturated heterocycles. The average molecular weight is 415 g/mol. The first-order valence-electron chi connectivity index (χ1n) is 12.4. The van der Waals surface area contributed by atoms with E-state index in [9.17, 15) is 9.59 Å². The van der Waals surface area contributed by atoms with Gasteiger partial charge in [-0.1, -0.05) is 33.3 Å². The van der Waals surface area contributed by atoms with Gasteiger partial charge >= 0.3 is 11.9 Å². The van der Waals surface area contributed by atoms with E-state index in [2.05, 4.69) is 20.4 Å². The Kier molecular flexibility index (Phi) is 5.06. The summed E-state index contributed by atoms with van der Waals surface area (Å²) in [6.45, 7) is 8.30. The molecule has 6 aliphatic carbocycles. The van der Waals surface area contributed by atoms with Crippen molar-refractivity contribution in [2.75, 3.05) is 0 Å². The number of ether oxygens (including phenoxy) is 2. The first-order chi connectivity index (χ1) is 14.3. The Morgan fingerprint density at radius 2 is 1.57 bits per heavy atom. The predicted molar refractivity (Wildman–Crippen MR) is 114 cm³/mol. The summed E-state index contributed by atoms with van der Waals surface area (Å²) in [7, 11) is 0. The lowest BCUT2D eigenvalue weighted by Gasteiger charge is -2.66. The fraction of sp³-hybridized carbons (Fsp3) is 0.846. The molecule has 4 bridgehead atoms. The Bertz CT molecular complexity index is 697. The van der Waals surface area contributed by atoms with E-state index in [0.717, 1.165) is 11.8 Å². The first-order valence-corrected chi connectivity index (χ1v) is 12.4. The summed E-state index contributed by atoms with van der Waals surface area (Å²) in [5, 5.41) is 0. The fourth-order valence-electron chi connectivity index (χ4n) is 8.34. The van der Waals surface area contributed by atoms with E-state index in [4.69, 9.17) is 9.47 Å². The van der Waals surface area contributed by atoms with E-state index in [0.29, 0.717) is 36.0 Å². The molecule has 0 aromatic heterocycles. The van der Waals surface area contributed by atoms with Crippen molar-refractivity contribution in [1.82, 2.24) is 0 Å². The SMILES string of the molecule is C=CC(=O)OC1CC(C(=O)OC2(C3CCC(C)CC3)C3CC4CC2CC(C)(C4)C3)C1. The highest BCUT2D eigenvalue weighted by Gasteiger charge is 2.65. The Morgan fingerprint density at radius 1 is 0.933 bits per heavy atom. The Hall–Kier alpha value is -1.32. The first kappa shape index (κ1) is 20.6. The maximum atomic E-state index is 13.3. The monoisotopic (exact) mass is 414 g/mol. The van der Waals surface area contributed by atoms with Crippen molar-refractivity contribution in [3.05, 3.63) is 12.7 Å². The molecule has 0 spiro atoms. The summed E-state index contributed by atoms with van der Waals surface area (Å²) >= 11 is 0. The summed E-state index contributed by atoms with van der Waals surface area (Å²) in [5.41, 5.74) is 0.241. The predicted octanol–water partition coefficient (Wildman–Crippen LogP) is 5.45. The summed E-state index contributed by atoms with van der Waals surface area (Å²) in [4.78, 5) is 24.8. The molecule has 6 aliphatic rings. The van der Waals surface area contributed by atoms with Crippen LogP contribution in [0.3, 0.4) is 0 Å². The molecule has 0 aromatic rings. The number of hydrogen-bond acceptors (Lipinski definition) is 4. The molecule has 0 aromatic carbocycles. The molecule has 6 fully saturated rings. The van der Waals surface area contributed by atoms with Gasteiger partial charge in [0.1, 0.15) is 11.7 Å². The summed E-state index contributed by atoms with van der Waals surface area (Å²) in [5.74, 6) is 2.75. The van der Waals surface area contributed by atoms with Gasteiger partial charge in [0.15, 0.2) is 0 Å². The second-order valence-electron chi connectivity index (χ2n) is 11.8. The van der Waals surface area contributed by atoms with Gasteiger partial charge in [0.2, 0.25) is 0 Å². The Morgan fingerprint density at radius 3 is 2.13 bits per heavy atom. The second-order valence-corrected chi connectivity index (χ2v) is 11.8. The van der Waals surface area contributed by atoms with Crippen LogP contribution in [0, 0.1) is 40.9 Å². The lowest BCUT2D eigenvalue weighted by Crippen LogP contribution is -2.66. The van der Waals surface area contributed by atoms with Crippen molar-refractivity contribution >= 4 is 11.9 Å². The lowest BCUT2D eigenvalue weighted by atomic mass is 9.42. The highest BCUT2D eigenvalue weighted by Crippen LogP contribution is 2.67. The third kappa shape index (κ3) is 3.33. The molecular formula is C26H38O4. The molecule has 0 heterocycles. The van der Waals surface area contributed by atoms with Crippen molar-refractivity contribution in [2.24, 2.45) is 40.9 Å². The van der Waals surface area contributed by atoms with Crippen LogP contribution in [0.4, 0.5) is 0 Å². The third-order valence-corrected chi connectivity index (χ3v) is 9.58. The highest BCUT2D eigenvalue weighted by atomic mass is 16.6. The van der Waals surface area contributed by atoms with Gasteiger partial charge in [0, 0.05) is 17.9 Å². The standard InChI is InChI=1S/C26H38O4/c1-4-23(27)29-22-11-18(12-22)24(28)30-26(19-7-5-16(2)6-8-19)20-9-17-10-21(26)15-25(3,13-17)14-20/h4,16-22H,1,5-15H2,2-3H3. The van der Waals surface area contributed by atoms with Gasteiger partial charge in [-0.25, -0.2) is 4.79 Å². The highest BCUT2D eigenvalue weighted by molar-refractivity contribution is 5.81. The van der Waals surface area contributed by atoms with Crippen LogP contribution >= 0.6 is 0 Å². The van der Waals surface area contributed by atoms with Crippen LogP contribution in [0.15, 0.2) is 12.7 Å². The number of carbonyl (C=O) groups is 2.